The molecule has 0 unspecified atom stereocenters. The molecule has 43 heavy (non-hydrogen) atoms. The van der Waals surface area contributed by atoms with Gasteiger partial charge < -0.3 is 14.2 Å². The fourth-order valence-corrected chi connectivity index (χ4v) is 5.02. The monoisotopic (exact) mass is 574 g/mol. The van der Waals surface area contributed by atoms with E-state index in [0.29, 0.717) is 17.2 Å². The summed E-state index contributed by atoms with van der Waals surface area (Å²) < 4.78 is 15.8. The second-order valence-corrected chi connectivity index (χ2v) is 10.7. The third-order valence-electron chi connectivity index (χ3n) is 7.66. The first-order chi connectivity index (χ1) is 20.5. The van der Waals surface area contributed by atoms with Crippen LogP contribution in [0, 0.1) is 0 Å². The number of hydrogen-bond donors (Lipinski definition) is 0. The lowest BCUT2D eigenvalue weighted by atomic mass is 9.70. The summed E-state index contributed by atoms with van der Waals surface area (Å²) in [6.07, 6.45) is 2.24. The zero-order chi connectivity index (χ0) is 31.2. The molecule has 0 radical (unpaired) electrons. The maximum atomic E-state index is 11.7. The van der Waals surface area contributed by atoms with E-state index < -0.39 is 17.4 Å². The molecular formula is C37H34O6. The Balaban J connectivity index is 1.73. The Morgan fingerprint density at radius 2 is 0.791 bits per heavy atom. The van der Waals surface area contributed by atoms with Crippen molar-refractivity contribution in [2.75, 3.05) is 0 Å². The van der Waals surface area contributed by atoms with Crippen LogP contribution in [0.5, 0.6) is 17.2 Å². The number of ether oxygens (including phenoxy) is 3. The molecule has 0 heterocycles. The number of carbonyl (C=O) groups is 3. The Bertz CT molecular complexity index is 1560. The van der Waals surface area contributed by atoms with Crippen LogP contribution in [0.3, 0.4) is 0 Å². The molecular weight excluding hydrogens is 540 g/mol. The summed E-state index contributed by atoms with van der Waals surface area (Å²) in [5.41, 5.74) is 4.21. The first-order valence-electron chi connectivity index (χ1n) is 13.8. The summed E-state index contributed by atoms with van der Waals surface area (Å²) >= 11 is 0. The first-order valence-corrected chi connectivity index (χ1v) is 13.8. The van der Waals surface area contributed by atoms with Crippen LogP contribution < -0.4 is 14.2 Å². The summed E-state index contributed by atoms with van der Waals surface area (Å²) in [4.78, 5) is 34.7. The maximum absolute atomic E-state index is 11.7. The van der Waals surface area contributed by atoms with Crippen molar-refractivity contribution in [2.24, 2.45) is 0 Å². The van der Waals surface area contributed by atoms with E-state index in [1.807, 2.05) is 36.4 Å². The lowest BCUT2D eigenvalue weighted by Gasteiger charge is -2.33. The minimum atomic E-state index is -0.615. The van der Waals surface area contributed by atoms with Crippen molar-refractivity contribution in [1.82, 2.24) is 0 Å². The van der Waals surface area contributed by atoms with Crippen molar-refractivity contribution in [3.63, 3.8) is 0 Å². The number of hydrogen-bond acceptors (Lipinski definition) is 6. The van der Waals surface area contributed by atoms with Crippen LogP contribution >= 0.6 is 0 Å². The van der Waals surface area contributed by atoms with Gasteiger partial charge in [-0.3, -0.25) is 4.79 Å². The molecule has 0 aromatic heterocycles. The Hall–Kier alpha value is -5.23. The normalized spacial score (nSPS) is 11.3. The van der Waals surface area contributed by atoms with Crippen molar-refractivity contribution in [2.45, 2.75) is 38.5 Å². The number of benzene rings is 4. The van der Waals surface area contributed by atoms with E-state index >= 15 is 0 Å². The molecule has 6 nitrogen and oxygen atoms in total. The lowest BCUT2D eigenvalue weighted by molar-refractivity contribution is -0.132. The second kappa shape index (κ2) is 12.7. The van der Waals surface area contributed by atoms with Crippen LogP contribution in [0.4, 0.5) is 0 Å². The minimum Gasteiger partial charge on any atom is -0.427 e. The summed E-state index contributed by atoms with van der Waals surface area (Å²) in [7, 11) is 0. The van der Waals surface area contributed by atoms with Gasteiger partial charge in [-0.15, -0.1) is 0 Å². The van der Waals surface area contributed by atoms with Gasteiger partial charge in [0.1, 0.15) is 17.2 Å². The van der Waals surface area contributed by atoms with E-state index in [1.54, 1.807) is 36.4 Å². The van der Waals surface area contributed by atoms with Gasteiger partial charge in [-0.2, -0.15) is 0 Å². The number of esters is 3. The molecule has 0 saturated heterocycles. The molecule has 0 aliphatic rings. The van der Waals surface area contributed by atoms with E-state index in [0.717, 1.165) is 40.0 Å². The van der Waals surface area contributed by atoms with Crippen LogP contribution in [0.2, 0.25) is 0 Å². The molecule has 6 heteroatoms. The van der Waals surface area contributed by atoms with Crippen molar-refractivity contribution in [3.8, 4) is 17.2 Å². The number of rotatable bonds is 10. The van der Waals surface area contributed by atoms with Gasteiger partial charge >= 0.3 is 17.9 Å². The Labute approximate surface area is 252 Å². The third-order valence-corrected chi connectivity index (χ3v) is 7.66. The molecule has 0 bridgehead atoms. The third kappa shape index (κ3) is 6.81. The minimum absolute atomic E-state index is 0.322. The molecule has 0 saturated carbocycles. The summed E-state index contributed by atoms with van der Waals surface area (Å²) in [6.45, 7) is 14.7. The molecule has 0 aliphatic heterocycles. The van der Waals surface area contributed by atoms with E-state index in [4.69, 9.17) is 14.2 Å². The lowest BCUT2D eigenvalue weighted by Crippen LogP contribution is -2.26. The van der Waals surface area contributed by atoms with Gasteiger partial charge in [-0.05, 0) is 71.1 Å². The van der Waals surface area contributed by atoms with Crippen molar-refractivity contribution in [3.05, 3.63) is 150 Å². The smallest absolute Gasteiger partial charge is 0.335 e. The van der Waals surface area contributed by atoms with Gasteiger partial charge in [0.15, 0.2) is 0 Å². The van der Waals surface area contributed by atoms with E-state index in [9.17, 15) is 14.4 Å². The van der Waals surface area contributed by atoms with Crippen LogP contribution in [-0.2, 0) is 25.2 Å². The van der Waals surface area contributed by atoms with Gasteiger partial charge in [0.2, 0.25) is 0 Å². The van der Waals surface area contributed by atoms with Crippen molar-refractivity contribution >= 4 is 17.9 Å². The average Bonchev–Trinajstić information content (AvgIpc) is 3.01. The Kier molecular flexibility index (Phi) is 9.10. The van der Waals surface area contributed by atoms with Crippen LogP contribution in [0.1, 0.15) is 55.5 Å². The van der Waals surface area contributed by atoms with Gasteiger partial charge in [-0.1, -0.05) is 87.7 Å². The maximum Gasteiger partial charge on any atom is 0.335 e. The topological polar surface area (TPSA) is 78.9 Å². The van der Waals surface area contributed by atoms with E-state index in [1.165, 1.54) is 6.92 Å². The summed E-state index contributed by atoms with van der Waals surface area (Å²) in [6, 6.07) is 30.8. The first kappa shape index (κ1) is 30.7. The molecule has 0 N–H and O–H groups in total. The molecule has 4 rings (SSSR count). The molecule has 0 amide bonds. The number of carbonyl (C=O) groups excluding carboxylic acids is 3. The zero-order valence-corrected chi connectivity index (χ0v) is 24.8. The fourth-order valence-electron chi connectivity index (χ4n) is 5.02. The van der Waals surface area contributed by atoms with E-state index in [2.05, 4.69) is 58.2 Å². The van der Waals surface area contributed by atoms with Gasteiger partial charge in [-0.25, -0.2) is 9.59 Å². The quantitative estimate of drug-likeness (QED) is 0.0846. The molecule has 218 valence electrons. The van der Waals surface area contributed by atoms with Crippen LogP contribution in [0.25, 0.3) is 0 Å². The molecule has 0 atom stereocenters. The highest BCUT2D eigenvalue weighted by atomic mass is 16.5. The molecule has 0 aliphatic carbocycles. The Morgan fingerprint density at radius 1 is 0.512 bits per heavy atom. The van der Waals surface area contributed by atoms with Crippen LogP contribution in [0.15, 0.2) is 122 Å². The second-order valence-electron chi connectivity index (χ2n) is 10.7. The molecule has 0 spiro atoms. The summed E-state index contributed by atoms with van der Waals surface area (Å²) in [5, 5.41) is 0. The summed E-state index contributed by atoms with van der Waals surface area (Å²) in [5.74, 6) is -0.0722. The zero-order valence-electron chi connectivity index (χ0n) is 24.8. The predicted molar refractivity (Wildman–Crippen MR) is 166 cm³/mol. The largest absolute Gasteiger partial charge is 0.427 e. The van der Waals surface area contributed by atoms with Gasteiger partial charge in [0, 0.05) is 29.9 Å². The molecule has 4 aromatic carbocycles. The highest BCUT2D eigenvalue weighted by Crippen LogP contribution is 2.41. The average molecular weight is 575 g/mol. The standard InChI is InChI=1S/C37H34O6/c1-7-34(39)42-32-21-15-29(16-22-32)37(6,30-17-23-33(24-18-30)43-35(40)8-2)28-11-9-26(10-12-28)36(4,5)27-13-19-31(20-14-27)41-25(3)38/h7-24H,1-2H2,3-6H3. The fraction of sp³-hybridized carbons (Fsp3) is 0.162. The SMILES string of the molecule is C=CC(=O)Oc1ccc(C(C)(c2ccc(OC(=O)C=C)cc2)c2ccc(C(C)(C)c3ccc(OC(C)=O)cc3)cc2)cc1. The Morgan fingerprint density at radius 3 is 1.12 bits per heavy atom. The van der Waals surface area contributed by atoms with Gasteiger partial charge in [0.05, 0.1) is 0 Å². The molecule has 0 fully saturated rings. The van der Waals surface area contributed by atoms with Gasteiger partial charge in [0.25, 0.3) is 0 Å². The van der Waals surface area contributed by atoms with Crippen molar-refractivity contribution < 1.29 is 28.6 Å². The highest BCUT2D eigenvalue weighted by molar-refractivity contribution is 5.83. The highest BCUT2D eigenvalue weighted by Gasteiger charge is 2.32. The van der Waals surface area contributed by atoms with Crippen LogP contribution in [-0.4, -0.2) is 17.9 Å². The van der Waals surface area contributed by atoms with Crippen molar-refractivity contribution in [1.29, 1.82) is 0 Å². The molecule has 4 aromatic rings. The predicted octanol–water partition coefficient (Wildman–Crippen LogP) is 7.47. The van der Waals surface area contributed by atoms with E-state index in [-0.39, 0.29) is 11.4 Å².